The van der Waals surface area contributed by atoms with Crippen molar-refractivity contribution in [1.29, 1.82) is 0 Å². The third-order valence-corrected chi connectivity index (χ3v) is 2.51. The average Bonchev–Trinajstić information content (AvgIpc) is 2.23. The highest BCUT2D eigenvalue weighted by Gasteiger charge is 2.37. The van der Waals surface area contributed by atoms with Crippen molar-refractivity contribution in [2.45, 2.75) is 18.5 Å². The van der Waals surface area contributed by atoms with Crippen LogP contribution >= 0.6 is 0 Å². The van der Waals surface area contributed by atoms with Gasteiger partial charge in [-0.05, 0) is 17.5 Å². The molecule has 2 heteroatoms. The largest absolute Gasteiger partial charge is 0.187 e. The molecule has 2 nitrogen and oxygen atoms in total. The van der Waals surface area contributed by atoms with Crippen LogP contribution in [0.15, 0.2) is 34.5 Å². The first-order valence-corrected chi connectivity index (χ1v) is 3.93. The van der Waals surface area contributed by atoms with E-state index in [0.717, 1.165) is 6.42 Å². The second kappa shape index (κ2) is 1.70. The highest BCUT2D eigenvalue weighted by atomic mass is 15.3. The molecule has 2 unspecified atom stereocenters. The first-order chi connectivity index (χ1) is 5.45. The van der Waals surface area contributed by atoms with Crippen LogP contribution in [0.2, 0.25) is 0 Å². The van der Waals surface area contributed by atoms with Crippen molar-refractivity contribution in [2.75, 3.05) is 0 Å². The van der Waals surface area contributed by atoms with Crippen LogP contribution in [0, 0.1) is 0 Å². The number of azo groups is 1. The molecule has 0 aromatic heterocycles. The molecule has 1 aromatic rings. The minimum Gasteiger partial charge on any atom is -0.187 e. The molecule has 0 amide bonds. The molecule has 0 bridgehead atoms. The van der Waals surface area contributed by atoms with Gasteiger partial charge in [-0.25, -0.2) is 0 Å². The number of benzene rings is 1. The Kier molecular flexibility index (Phi) is 0.844. The highest BCUT2D eigenvalue weighted by molar-refractivity contribution is 5.38. The molecule has 0 N–H and O–H groups in total. The van der Waals surface area contributed by atoms with Gasteiger partial charge in [0.05, 0.1) is 0 Å². The predicted octanol–water partition coefficient (Wildman–Crippen LogP) is 2.12. The van der Waals surface area contributed by atoms with E-state index in [4.69, 9.17) is 0 Å². The van der Waals surface area contributed by atoms with Crippen LogP contribution < -0.4 is 0 Å². The van der Waals surface area contributed by atoms with Crippen molar-refractivity contribution in [3.05, 3.63) is 35.4 Å². The van der Waals surface area contributed by atoms with Crippen LogP contribution in [0.25, 0.3) is 0 Å². The molecule has 0 spiro atoms. The fourth-order valence-electron chi connectivity index (χ4n) is 1.88. The molecule has 54 valence electrons. The maximum absolute atomic E-state index is 4.10. The van der Waals surface area contributed by atoms with Crippen molar-refractivity contribution in [3.63, 3.8) is 0 Å². The van der Waals surface area contributed by atoms with Crippen LogP contribution in [-0.2, 0) is 6.42 Å². The summed E-state index contributed by atoms with van der Waals surface area (Å²) in [6.07, 6.45) is 1.10. The highest BCUT2D eigenvalue weighted by Crippen LogP contribution is 2.41. The van der Waals surface area contributed by atoms with E-state index in [2.05, 4.69) is 34.5 Å². The number of hydrogen-bond donors (Lipinski definition) is 0. The van der Waals surface area contributed by atoms with Gasteiger partial charge in [-0.15, -0.1) is 0 Å². The van der Waals surface area contributed by atoms with Crippen LogP contribution in [0.5, 0.6) is 0 Å². The molecule has 1 aromatic carbocycles. The molecule has 0 saturated heterocycles. The van der Waals surface area contributed by atoms with Gasteiger partial charge in [-0.2, -0.15) is 10.2 Å². The Bertz CT molecular complexity index is 330. The summed E-state index contributed by atoms with van der Waals surface area (Å²) in [7, 11) is 0. The van der Waals surface area contributed by atoms with E-state index in [1.54, 1.807) is 0 Å². The first-order valence-electron chi connectivity index (χ1n) is 3.93. The lowest BCUT2D eigenvalue weighted by molar-refractivity contribution is 0.444. The number of fused-ring (bicyclic) bond motifs is 3. The zero-order valence-corrected chi connectivity index (χ0v) is 6.07. The van der Waals surface area contributed by atoms with E-state index >= 15 is 0 Å². The summed E-state index contributed by atoms with van der Waals surface area (Å²) >= 11 is 0. The lowest BCUT2D eigenvalue weighted by Crippen LogP contribution is -2.16. The zero-order chi connectivity index (χ0) is 7.26. The van der Waals surface area contributed by atoms with E-state index in [9.17, 15) is 0 Å². The number of rotatable bonds is 0. The van der Waals surface area contributed by atoms with Gasteiger partial charge < -0.3 is 0 Å². The van der Waals surface area contributed by atoms with Crippen LogP contribution in [0.3, 0.4) is 0 Å². The molecule has 3 rings (SSSR count). The Morgan fingerprint density at radius 1 is 1.18 bits per heavy atom. The van der Waals surface area contributed by atoms with Crippen LogP contribution in [0.1, 0.15) is 17.2 Å². The first kappa shape index (κ1) is 5.47. The van der Waals surface area contributed by atoms with E-state index in [1.165, 1.54) is 11.1 Å². The molecule has 1 aliphatic carbocycles. The summed E-state index contributed by atoms with van der Waals surface area (Å²) in [5, 5.41) is 8.17. The molecule has 0 radical (unpaired) electrons. The second-order valence-corrected chi connectivity index (χ2v) is 3.15. The maximum atomic E-state index is 4.10. The smallest absolute Gasteiger partial charge is 0.120 e. The Morgan fingerprint density at radius 3 is 2.91 bits per heavy atom. The molecule has 1 heterocycles. The maximum Gasteiger partial charge on any atom is 0.120 e. The van der Waals surface area contributed by atoms with Crippen LogP contribution in [-0.4, -0.2) is 6.04 Å². The van der Waals surface area contributed by atoms with Gasteiger partial charge in [0.2, 0.25) is 0 Å². The SMILES string of the molecule is c1ccc2c(c1)CC1N=NC21. The van der Waals surface area contributed by atoms with E-state index < -0.39 is 0 Å². The summed E-state index contributed by atoms with van der Waals surface area (Å²) in [5.41, 5.74) is 2.83. The minimum absolute atomic E-state index is 0.409. The Balaban J connectivity index is 2.19. The normalized spacial score (nSPS) is 30.9. The van der Waals surface area contributed by atoms with Crippen molar-refractivity contribution in [1.82, 2.24) is 0 Å². The van der Waals surface area contributed by atoms with Gasteiger partial charge in [0.1, 0.15) is 12.1 Å². The van der Waals surface area contributed by atoms with E-state index in [-0.39, 0.29) is 0 Å². The summed E-state index contributed by atoms with van der Waals surface area (Å²) in [6.45, 7) is 0. The van der Waals surface area contributed by atoms with Gasteiger partial charge >= 0.3 is 0 Å². The summed E-state index contributed by atoms with van der Waals surface area (Å²) in [6, 6.07) is 9.40. The lowest BCUT2D eigenvalue weighted by Gasteiger charge is -2.18. The molecule has 2 atom stereocenters. The standard InChI is InChI=1S/C9H8N2/c1-2-4-7-6(3-1)5-8-9(7)11-10-8/h1-4,8-9H,5H2. The fraction of sp³-hybridized carbons (Fsp3) is 0.333. The van der Waals surface area contributed by atoms with E-state index in [1.807, 2.05) is 0 Å². The fourth-order valence-corrected chi connectivity index (χ4v) is 1.88. The predicted molar refractivity (Wildman–Crippen MR) is 41.5 cm³/mol. The summed E-state index contributed by atoms with van der Waals surface area (Å²) in [4.78, 5) is 0. The van der Waals surface area contributed by atoms with Gasteiger partial charge in [0.25, 0.3) is 0 Å². The lowest BCUT2D eigenvalue weighted by atomic mass is 10.1. The van der Waals surface area contributed by atoms with Crippen LogP contribution in [0.4, 0.5) is 0 Å². The molecule has 0 saturated carbocycles. The molecular weight excluding hydrogens is 136 g/mol. The third-order valence-electron chi connectivity index (χ3n) is 2.51. The molecule has 1 aliphatic heterocycles. The topological polar surface area (TPSA) is 24.7 Å². The monoisotopic (exact) mass is 144 g/mol. The molecular formula is C9H8N2. The quantitative estimate of drug-likeness (QED) is 0.532. The summed E-state index contributed by atoms with van der Waals surface area (Å²) in [5.74, 6) is 0. The average molecular weight is 144 g/mol. The Hall–Kier alpha value is -1.18. The van der Waals surface area contributed by atoms with Crippen molar-refractivity contribution in [2.24, 2.45) is 10.2 Å². The van der Waals surface area contributed by atoms with Crippen molar-refractivity contribution in [3.8, 4) is 0 Å². The number of nitrogens with zero attached hydrogens (tertiary/aromatic N) is 2. The second-order valence-electron chi connectivity index (χ2n) is 3.15. The summed E-state index contributed by atoms with van der Waals surface area (Å²) < 4.78 is 0. The Morgan fingerprint density at radius 2 is 2.09 bits per heavy atom. The molecule has 0 fully saturated rings. The van der Waals surface area contributed by atoms with Gasteiger partial charge in [0, 0.05) is 0 Å². The molecule has 11 heavy (non-hydrogen) atoms. The Labute approximate surface area is 65.0 Å². The van der Waals surface area contributed by atoms with Gasteiger partial charge in [0.15, 0.2) is 0 Å². The molecule has 2 aliphatic rings. The third kappa shape index (κ3) is 0.570. The van der Waals surface area contributed by atoms with E-state index in [0.29, 0.717) is 12.1 Å². The van der Waals surface area contributed by atoms with Crippen molar-refractivity contribution >= 4 is 0 Å². The van der Waals surface area contributed by atoms with Gasteiger partial charge in [-0.3, -0.25) is 0 Å². The van der Waals surface area contributed by atoms with Crippen molar-refractivity contribution < 1.29 is 0 Å². The van der Waals surface area contributed by atoms with Gasteiger partial charge in [-0.1, -0.05) is 24.3 Å². The minimum atomic E-state index is 0.409. The zero-order valence-electron chi connectivity index (χ0n) is 6.07. The number of hydrogen-bond acceptors (Lipinski definition) is 2.